The second kappa shape index (κ2) is 9.07. The van der Waals surface area contributed by atoms with Crippen LogP contribution < -0.4 is 4.72 Å². The number of aryl methyl sites for hydroxylation is 1. The van der Waals surface area contributed by atoms with Crippen molar-refractivity contribution in [3.8, 4) is 0 Å². The van der Waals surface area contributed by atoms with Gasteiger partial charge in [-0.15, -0.1) is 11.8 Å². The molecule has 0 spiro atoms. The first kappa shape index (κ1) is 22.1. The third kappa shape index (κ3) is 5.33. The van der Waals surface area contributed by atoms with E-state index in [1.807, 2.05) is 0 Å². The molecule has 0 heterocycles. The lowest BCUT2D eigenvalue weighted by Gasteiger charge is -2.10. The molecule has 0 fully saturated rings. The van der Waals surface area contributed by atoms with Crippen molar-refractivity contribution in [2.45, 2.75) is 22.5 Å². The van der Waals surface area contributed by atoms with Crippen LogP contribution in [-0.2, 0) is 15.8 Å². The number of hydrogen-bond acceptors (Lipinski definition) is 4. The molecule has 0 saturated heterocycles. The number of sulfonamides is 1. The number of carbonyl (C=O) groups is 1. The highest BCUT2D eigenvalue weighted by atomic mass is 35.5. The zero-order valence-corrected chi connectivity index (χ0v) is 18.1. The Labute approximate surface area is 182 Å². The van der Waals surface area contributed by atoms with Crippen LogP contribution in [0.1, 0.15) is 21.5 Å². The van der Waals surface area contributed by atoms with Gasteiger partial charge in [-0.1, -0.05) is 23.7 Å². The number of carboxylic acids is 1. The van der Waals surface area contributed by atoms with E-state index in [-0.39, 0.29) is 10.5 Å². The average Bonchev–Trinajstić information content (AvgIpc) is 2.68. The fraction of sp³-hybridized carbons (Fsp3) is 0.0952. The third-order valence-electron chi connectivity index (χ3n) is 4.27. The van der Waals surface area contributed by atoms with Gasteiger partial charge >= 0.3 is 5.97 Å². The molecular weight excluding hydrogens is 449 g/mol. The normalized spacial score (nSPS) is 11.3. The maximum atomic E-state index is 13.1. The molecule has 30 heavy (non-hydrogen) atoms. The highest BCUT2D eigenvalue weighted by Gasteiger charge is 2.18. The summed E-state index contributed by atoms with van der Waals surface area (Å²) < 4.78 is 40.7. The largest absolute Gasteiger partial charge is 0.478 e. The number of carboxylic acid groups (broad SMARTS) is 1. The molecule has 0 unspecified atom stereocenters. The van der Waals surface area contributed by atoms with Crippen molar-refractivity contribution in [1.82, 2.24) is 0 Å². The quantitative estimate of drug-likeness (QED) is 0.445. The molecule has 0 bridgehead atoms. The predicted molar refractivity (Wildman–Crippen MR) is 116 cm³/mol. The van der Waals surface area contributed by atoms with Gasteiger partial charge in [0.15, 0.2) is 0 Å². The van der Waals surface area contributed by atoms with Crippen molar-refractivity contribution in [3.63, 3.8) is 0 Å². The number of rotatable bonds is 7. The van der Waals surface area contributed by atoms with Crippen LogP contribution in [0.4, 0.5) is 10.1 Å². The van der Waals surface area contributed by atoms with Crippen LogP contribution in [0.2, 0.25) is 5.02 Å². The number of nitrogens with one attached hydrogen (secondary N) is 1. The molecule has 3 aromatic carbocycles. The van der Waals surface area contributed by atoms with E-state index in [4.69, 9.17) is 11.6 Å². The van der Waals surface area contributed by atoms with Gasteiger partial charge in [0.2, 0.25) is 0 Å². The first-order valence-corrected chi connectivity index (χ1v) is 11.5. The van der Waals surface area contributed by atoms with Crippen LogP contribution in [0.5, 0.6) is 0 Å². The summed E-state index contributed by atoms with van der Waals surface area (Å²) in [6, 6.07) is 14.9. The van der Waals surface area contributed by atoms with Gasteiger partial charge < -0.3 is 5.11 Å². The Hall–Kier alpha value is -2.55. The Morgan fingerprint density at radius 1 is 1.10 bits per heavy atom. The van der Waals surface area contributed by atoms with E-state index in [1.54, 1.807) is 37.3 Å². The number of aromatic carboxylic acids is 1. The van der Waals surface area contributed by atoms with Crippen molar-refractivity contribution in [3.05, 3.63) is 88.2 Å². The van der Waals surface area contributed by atoms with Crippen molar-refractivity contribution < 1.29 is 22.7 Å². The number of thioether (sulfide) groups is 1. The lowest BCUT2D eigenvalue weighted by molar-refractivity contribution is 0.0696. The maximum absolute atomic E-state index is 13.1. The summed E-state index contributed by atoms with van der Waals surface area (Å²) in [4.78, 5) is 12.0. The Kier molecular flexibility index (Phi) is 6.70. The van der Waals surface area contributed by atoms with Crippen LogP contribution in [-0.4, -0.2) is 19.5 Å². The molecule has 0 aliphatic heterocycles. The van der Waals surface area contributed by atoms with E-state index >= 15 is 0 Å². The lowest BCUT2D eigenvalue weighted by Crippen LogP contribution is -2.14. The highest BCUT2D eigenvalue weighted by Crippen LogP contribution is 2.28. The minimum atomic E-state index is -3.94. The molecule has 0 amide bonds. The number of halogens is 2. The number of benzene rings is 3. The molecule has 0 saturated carbocycles. The van der Waals surface area contributed by atoms with Crippen molar-refractivity contribution >= 4 is 45.0 Å². The van der Waals surface area contributed by atoms with Crippen LogP contribution in [0.15, 0.2) is 70.5 Å². The summed E-state index contributed by atoms with van der Waals surface area (Å²) in [5.41, 5.74) is 1.55. The van der Waals surface area contributed by atoms with Crippen molar-refractivity contribution in [1.29, 1.82) is 0 Å². The summed E-state index contributed by atoms with van der Waals surface area (Å²) >= 11 is 7.50. The fourth-order valence-corrected chi connectivity index (χ4v) is 4.93. The summed E-state index contributed by atoms with van der Waals surface area (Å²) in [7, 11) is -3.94. The monoisotopic (exact) mass is 465 g/mol. The molecule has 3 rings (SSSR count). The smallest absolute Gasteiger partial charge is 0.335 e. The van der Waals surface area contributed by atoms with E-state index in [1.165, 1.54) is 36.0 Å². The maximum Gasteiger partial charge on any atom is 0.335 e. The fourth-order valence-electron chi connectivity index (χ4n) is 2.63. The highest BCUT2D eigenvalue weighted by molar-refractivity contribution is 7.98. The number of hydrogen-bond donors (Lipinski definition) is 2. The lowest BCUT2D eigenvalue weighted by atomic mass is 10.1. The molecule has 0 atom stereocenters. The standard InChI is InChI=1S/C21H17ClFNO4S2/c1-13-2-9-18(11-19(13)21(25)26)30(27,28)24-16-5-7-17(8-6-16)29-12-14-3-4-15(23)10-20(14)22/h2-11,24H,12H2,1H3,(H,25,26). The molecule has 9 heteroatoms. The third-order valence-corrected chi connectivity index (χ3v) is 7.06. The Balaban J connectivity index is 1.70. The van der Waals surface area contributed by atoms with Crippen LogP contribution in [0, 0.1) is 12.7 Å². The summed E-state index contributed by atoms with van der Waals surface area (Å²) in [5, 5.41) is 9.55. The summed E-state index contributed by atoms with van der Waals surface area (Å²) in [6.45, 7) is 1.60. The molecule has 0 aromatic heterocycles. The predicted octanol–water partition coefficient (Wildman–Crippen LogP) is 5.58. The van der Waals surface area contributed by atoms with Gasteiger partial charge in [0, 0.05) is 21.4 Å². The first-order valence-electron chi connectivity index (χ1n) is 8.69. The number of anilines is 1. The van der Waals surface area contributed by atoms with Crippen LogP contribution in [0.3, 0.4) is 0 Å². The van der Waals surface area contributed by atoms with Gasteiger partial charge in [-0.3, -0.25) is 4.72 Å². The SMILES string of the molecule is Cc1ccc(S(=O)(=O)Nc2ccc(SCc3ccc(F)cc3Cl)cc2)cc1C(=O)O. The van der Waals surface area contributed by atoms with Gasteiger partial charge in [-0.05, 0) is 66.6 Å². The van der Waals surface area contributed by atoms with Crippen LogP contribution >= 0.6 is 23.4 Å². The van der Waals surface area contributed by atoms with E-state index in [2.05, 4.69) is 4.72 Å². The molecule has 0 radical (unpaired) electrons. The summed E-state index contributed by atoms with van der Waals surface area (Å²) in [6.07, 6.45) is 0. The molecule has 3 aromatic rings. The van der Waals surface area contributed by atoms with Gasteiger partial charge in [0.25, 0.3) is 10.0 Å². The Morgan fingerprint density at radius 2 is 1.80 bits per heavy atom. The molecule has 0 aliphatic rings. The van der Waals surface area contributed by atoms with Crippen molar-refractivity contribution in [2.75, 3.05) is 4.72 Å². The summed E-state index contributed by atoms with van der Waals surface area (Å²) in [5.74, 6) is -1.05. The van der Waals surface area contributed by atoms with Gasteiger partial charge in [-0.25, -0.2) is 17.6 Å². The van der Waals surface area contributed by atoms with Gasteiger partial charge in [0.1, 0.15) is 5.82 Å². The van der Waals surface area contributed by atoms with E-state index in [9.17, 15) is 22.7 Å². The van der Waals surface area contributed by atoms with E-state index in [0.29, 0.717) is 22.0 Å². The second-order valence-corrected chi connectivity index (χ2v) is 9.57. The Morgan fingerprint density at radius 3 is 2.43 bits per heavy atom. The van der Waals surface area contributed by atoms with E-state index in [0.717, 1.165) is 16.5 Å². The average molecular weight is 466 g/mol. The Bertz CT molecular complexity index is 1200. The molecule has 2 N–H and O–H groups in total. The minimum absolute atomic E-state index is 0.0657. The van der Waals surface area contributed by atoms with Gasteiger partial charge in [-0.2, -0.15) is 0 Å². The molecule has 156 valence electrons. The zero-order chi connectivity index (χ0) is 21.9. The molecule has 0 aliphatic carbocycles. The van der Waals surface area contributed by atoms with E-state index < -0.39 is 21.8 Å². The van der Waals surface area contributed by atoms with Gasteiger partial charge in [0.05, 0.1) is 10.5 Å². The molecular formula is C21H17ClFNO4S2. The second-order valence-electron chi connectivity index (χ2n) is 6.44. The van der Waals surface area contributed by atoms with Crippen LogP contribution in [0.25, 0.3) is 0 Å². The van der Waals surface area contributed by atoms with Crippen molar-refractivity contribution in [2.24, 2.45) is 0 Å². The zero-order valence-electron chi connectivity index (χ0n) is 15.7. The first-order chi connectivity index (χ1) is 14.2. The molecule has 5 nitrogen and oxygen atoms in total. The minimum Gasteiger partial charge on any atom is -0.478 e. The topological polar surface area (TPSA) is 83.5 Å².